The van der Waals surface area contributed by atoms with Crippen LogP contribution in [0, 0.1) is 17.7 Å². The lowest BCUT2D eigenvalue weighted by Crippen LogP contribution is -2.35. The van der Waals surface area contributed by atoms with Crippen molar-refractivity contribution in [2.75, 3.05) is 6.54 Å². The Morgan fingerprint density at radius 2 is 1.95 bits per heavy atom. The third-order valence-electron chi connectivity index (χ3n) is 4.37. The standard InChI is InChI=1S/C17H25BrFN/c1-12(2)20-11-15-7-4-3-6-13(15)10-14-8-5-9-16(19)17(14)18/h5,8-9,12-13,15,20H,3-4,6-7,10-11H2,1-2H3. The second-order valence-corrected chi connectivity index (χ2v) is 7.08. The lowest BCUT2D eigenvalue weighted by atomic mass is 9.76. The van der Waals surface area contributed by atoms with Gasteiger partial charge in [0, 0.05) is 6.04 Å². The van der Waals surface area contributed by atoms with E-state index in [1.54, 1.807) is 0 Å². The first-order chi connectivity index (χ1) is 9.58. The van der Waals surface area contributed by atoms with Gasteiger partial charge in [0.05, 0.1) is 4.47 Å². The van der Waals surface area contributed by atoms with Crippen molar-refractivity contribution in [3.05, 3.63) is 34.1 Å². The van der Waals surface area contributed by atoms with Crippen molar-refractivity contribution in [1.82, 2.24) is 5.32 Å². The summed E-state index contributed by atoms with van der Waals surface area (Å²) in [6, 6.07) is 5.93. The molecule has 20 heavy (non-hydrogen) atoms. The van der Waals surface area contributed by atoms with Crippen LogP contribution in [0.4, 0.5) is 4.39 Å². The van der Waals surface area contributed by atoms with Gasteiger partial charge in [0.25, 0.3) is 0 Å². The van der Waals surface area contributed by atoms with Gasteiger partial charge in [-0.1, -0.05) is 38.8 Å². The highest BCUT2D eigenvalue weighted by atomic mass is 79.9. The van der Waals surface area contributed by atoms with E-state index in [1.165, 1.54) is 31.7 Å². The molecule has 0 heterocycles. The fourth-order valence-corrected chi connectivity index (χ4v) is 3.62. The van der Waals surface area contributed by atoms with Gasteiger partial charge in [-0.3, -0.25) is 0 Å². The highest BCUT2D eigenvalue weighted by Gasteiger charge is 2.26. The molecule has 112 valence electrons. The topological polar surface area (TPSA) is 12.0 Å². The van der Waals surface area contributed by atoms with E-state index in [2.05, 4.69) is 41.2 Å². The molecule has 0 aromatic heterocycles. The number of benzene rings is 1. The molecule has 2 unspecified atom stereocenters. The molecular weight excluding hydrogens is 317 g/mol. The molecule has 1 fully saturated rings. The molecule has 1 aromatic carbocycles. The monoisotopic (exact) mass is 341 g/mol. The third kappa shape index (κ3) is 4.29. The zero-order valence-electron chi connectivity index (χ0n) is 12.5. The van der Waals surface area contributed by atoms with Crippen LogP contribution in [0.3, 0.4) is 0 Å². The van der Waals surface area contributed by atoms with Crippen LogP contribution in [0.2, 0.25) is 0 Å². The van der Waals surface area contributed by atoms with Gasteiger partial charge >= 0.3 is 0 Å². The summed E-state index contributed by atoms with van der Waals surface area (Å²) in [5.41, 5.74) is 1.12. The highest BCUT2D eigenvalue weighted by Crippen LogP contribution is 2.34. The summed E-state index contributed by atoms with van der Waals surface area (Å²) >= 11 is 3.40. The lowest BCUT2D eigenvalue weighted by Gasteiger charge is -2.32. The van der Waals surface area contributed by atoms with E-state index < -0.39 is 0 Å². The zero-order valence-corrected chi connectivity index (χ0v) is 14.0. The second kappa shape index (κ2) is 7.56. The molecule has 0 radical (unpaired) electrons. The molecule has 0 aliphatic heterocycles. The summed E-state index contributed by atoms with van der Waals surface area (Å²) in [5.74, 6) is 1.25. The van der Waals surface area contributed by atoms with Gasteiger partial charge in [0.15, 0.2) is 0 Å². The first-order valence-corrected chi connectivity index (χ1v) is 8.53. The Morgan fingerprint density at radius 1 is 1.25 bits per heavy atom. The van der Waals surface area contributed by atoms with Gasteiger partial charge in [-0.2, -0.15) is 0 Å². The van der Waals surface area contributed by atoms with E-state index in [9.17, 15) is 4.39 Å². The Hall–Kier alpha value is -0.410. The predicted molar refractivity (Wildman–Crippen MR) is 86.4 cm³/mol. The van der Waals surface area contributed by atoms with Crippen LogP contribution in [0.1, 0.15) is 45.1 Å². The fourth-order valence-electron chi connectivity index (χ4n) is 3.20. The maximum Gasteiger partial charge on any atom is 0.137 e. The van der Waals surface area contributed by atoms with E-state index in [-0.39, 0.29) is 5.82 Å². The maximum absolute atomic E-state index is 13.6. The molecule has 0 bridgehead atoms. The molecular formula is C17H25BrFN. The van der Waals surface area contributed by atoms with Crippen LogP contribution < -0.4 is 5.32 Å². The van der Waals surface area contributed by atoms with Crippen molar-refractivity contribution in [3.63, 3.8) is 0 Å². The van der Waals surface area contributed by atoms with Crippen molar-refractivity contribution in [3.8, 4) is 0 Å². The number of rotatable bonds is 5. The van der Waals surface area contributed by atoms with Gasteiger partial charge in [0.1, 0.15) is 5.82 Å². The molecule has 1 aliphatic carbocycles. The van der Waals surface area contributed by atoms with Crippen molar-refractivity contribution in [2.45, 2.75) is 52.0 Å². The highest BCUT2D eigenvalue weighted by molar-refractivity contribution is 9.10. The molecule has 0 amide bonds. The average Bonchev–Trinajstić information content (AvgIpc) is 2.43. The third-order valence-corrected chi connectivity index (χ3v) is 5.26. The summed E-state index contributed by atoms with van der Waals surface area (Å²) in [4.78, 5) is 0. The van der Waals surface area contributed by atoms with Gasteiger partial charge < -0.3 is 5.32 Å². The normalized spacial score (nSPS) is 23.2. The van der Waals surface area contributed by atoms with Crippen molar-refractivity contribution >= 4 is 15.9 Å². The van der Waals surface area contributed by atoms with E-state index in [0.717, 1.165) is 24.4 Å². The first kappa shape index (κ1) is 16.0. The Morgan fingerprint density at radius 3 is 2.65 bits per heavy atom. The summed E-state index contributed by atoms with van der Waals surface area (Å²) in [6.45, 7) is 5.48. The molecule has 0 saturated heterocycles. The minimum Gasteiger partial charge on any atom is -0.314 e. The Labute approximate surface area is 130 Å². The number of hydrogen-bond acceptors (Lipinski definition) is 1. The first-order valence-electron chi connectivity index (χ1n) is 7.74. The smallest absolute Gasteiger partial charge is 0.137 e. The molecule has 1 aliphatic rings. The average molecular weight is 342 g/mol. The van der Waals surface area contributed by atoms with Gasteiger partial charge in [-0.25, -0.2) is 4.39 Å². The summed E-state index contributed by atoms with van der Waals surface area (Å²) in [5, 5.41) is 3.57. The number of hydrogen-bond donors (Lipinski definition) is 1. The van der Waals surface area contributed by atoms with Crippen LogP contribution in [0.15, 0.2) is 22.7 Å². The number of halogens is 2. The van der Waals surface area contributed by atoms with Crippen LogP contribution in [0.5, 0.6) is 0 Å². The minimum atomic E-state index is -0.143. The Bertz CT molecular complexity index is 433. The van der Waals surface area contributed by atoms with Crippen molar-refractivity contribution in [2.24, 2.45) is 11.8 Å². The maximum atomic E-state index is 13.6. The van der Waals surface area contributed by atoms with Gasteiger partial charge in [-0.15, -0.1) is 0 Å². The quantitative estimate of drug-likeness (QED) is 0.800. The molecule has 1 saturated carbocycles. The predicted octanol–water partition coefficient (Wildman–Crippen LogP) is 4.94. The fraction of sp³-hybridized carbons (Fsp3) is 0.647. The number of nitrogens with one attached hydrogen (secondary N) is 1. The van der Waals surface area contributed by atoms with Crippen LogP contribution in [-0.2, 0) is 6.42 Å². The molecule has 0 spiro atoms. The molecule has 3 heteroatoms. The Kier molecular flexibility index (Phi) is 6.03. The molecule has 1 nitrogen and oxygen atoms in total. The zero-order chi connectivity index (χ0) is 14.5. The largest absolute Gasteiger partial charge is 0.314 e. The lowest BCUT2D eigenvalue weighted by molar-refractivity contribution is 0.224. The molecule has 2 rings (SSSR count). The summed E-state index contributed by atoms with van der Waals surface area (Å²) in [7, 11) is 0. The van der Waals surface area contributed by atoms with E-state index in [0.29, 0.717) is 16.4 Å². The second-order valence-electron chi connectivity index (χ2n) is 6.28. The molecule has 1 aromatic rings. The molecule has 2 atom stereocenters. The van der Waals surface area contributed by atoms with Crippen LogP contribution in [-0.4, -0.2) is 12.6 Å². The summed E-state index contributed by atoms with van der Waals surface area (Å²) in [6.07, 6.45) is 6.22. The van der Waals surface area contributed by atoms with E-state index in [4.69, 9.17) is 0 Å². The van der Waals surface area contributed by atoms with Gasteiger partial charge in [-0.05, 0) is 65.2 Å². The van der Waals surface area contributed by atoms with E-state index in [1.807, 2.05) is 6.07 Å². The van der Waals surface area contributed by atoms with Crippen molar-refractivity contribution in [1.29, 1.82) is 0 Å². The Balaban J connectivity index is 2.02. The SMILES string of the molecule is CC(C)NCC1CCCCC1Cc1cccc(F)c1Br. The molecule has 1 N–H and O–H groups in total. The van der Waals surface area contributed by atoms with Gasteiger partial charge in [0.2, 0.25) is 0 Å². The van der Waals surface area contributed by atoms with Crippen LogP contribution in [0.25, 0.3) is 0 Å². The van der Waals surface area contributed by atoms with E-state index >= 15 is 0 Å². The minimum absolute atomic E-state index is 0.143. The summed E-state index contributed by atoms with van der Waals surface area (Å²) < 4.78 is 14.3. The van der Waals surface area contributed by atoms with Crippen molar-refractivity contribution < 1.29 is 4.39 Å². The van der Waals surface area contributed by atoms with Crippen LogP contribution >= 0.6 is 15.9 Å².